The maximum Gasteiger partial charge on any atom is 0.131 e. The van der Waals surface area contributed by atoms with Crippen molar-refractivity contribution in [3.05, 3.63) is 137 Å². The average molecular weight is 541 g/mol. The van der Waals surface area contributed by atoms with Crippen LogP contribution in [0.4, 0.5) is 0 Å². The molecule has 1 N–H and O–H groups in total. The topological polar surface area (TPSA) is 20.2 Å². The molecule has 1 unspecified atom stereocenters. The van der Waals surface area contributed by atoms with Gasteiger partial charge in [-0.05, 0) is 51.0 Å². The fourth-order valence-electron chi connectivity index (χ4n) is 5.29. The second-order valence-corrected chi connectivity index (χ2v) is 15.3. The van der Waals surface area contributed by atoms with Crippen LogP contribution in [0.25, 0.3) is 22.2 Å². The Kier molecular flexibility index (Phi) is 6.31. The number of hydrogen-bond donors (Lipinski definition) is 1. The summed E-state index contributed by atoms with van der Waals surface area (Å²) in [5, 5.41) is 16.4. The van der Waals surface area contributed by atoms with Gasteiger partial charge in [-0.25, -0.2) is 0 Å². The summed E-state index contributed by atoms with van der Waals surface area (Å²) >= 11 is 6.61. The van der Waals surface area contributed by atoms with E-state index >= 15 is 0 Å². The fourth-order valence-corrected chi connectivity index (χ4v) is 9.67. The first-order valence-electron chi connectivity index (χ1n) is 13.1. The second kappa shape index (κ2) is 9.69. The largest absolute Gasteiger partial charge is 0.507 e. The Morgan fingerprint density at radius 3 is 2.26 bits per heavy atom. The smallest absolute Gasteiger partial charge is 0.131 e. The molecular weight excluding hydrogens is 511 g/mol. The standard InChI is InChI=1S/C36H29OPS/c1-36(2,3)28-19-21-30-26(23-28)18-22-33(37)32(30)20-17-25-11-7-9-15-31(25)35-24-27-12-8-10-16-34(27)38(35,39)29-13-5-4-6-14-29/h4-16,18-19,21-24,37H,1-3H3. The van der Waals surface area contributed by atoms with Crippen molar-refractivity contribution in [1.82, 2.24) is 0 Å². The van der Waals surface area contributed by atoms with Crippen LogP contribution in [-0.4, -0.2) is 5.11 Å². The van der Waals surface area contributed by atoms with Crippen molar-refractivity contribution in [2.24, 2.45) is 0 Å². The van der Waals surface area contributed by atoms with Gasteiger partial charge in [-0.15, -0.1) is 0 Å². The summed E-state index contributed by atoms with van der Waals surface area (Å²) in [4.78, 5) is 0. The highest BCUT2D eigenvalue weighted by Crippen LogP contribution is 2.62. The minimum absolute atomic E-state index is 0.0437. The fraction of sp³-hybridized carbons (Fsp3) is 0.111. The van der Waals surface area contributed by atoms with Crippen molar-refractivity contribution in [3.63, 3.8) is 0 Å². The van der Waals surface area contributed by atoms with E-state index in [0.29, 0.717) is 5.56 Å². The van der Waals surface area contributed by atoms with Crippen molar-refractivity contribution in [2.75, 3.05) is 0 Å². The van der Waals surface area contributed by atoms with E-state index in [1.807, 2.05) is 18.2 Å². The van der Waals surface area contributed by atoms with Crippen molar-refractivity contribution < 1.29 is 5.11 Å². The molecule has 0 fully saturated rings. The molecule has 1 aliphatic heterocycles. The lowest BCUT2D eigenvalue weighted by Crippen LogP contribution is -2.15. The first kappa shape index (κ1) is 25.4. The Morgan fingerprint density at radius 2 is 1.46 bits per heavy atom. The monoisotopic (exact) mass is 540 g/mol. The maximum absolute atomic E-state index is 10.8. The summed E-state index contributed by atoms with van der Waals surface area (Å²) in [5.41, 5.74) is 5.09. The van der Waals surface area contributed by atoms with Gasteiger partial charge in [0.25, 0.3) is 0 Å². The van der Waals surface area contributed by atoms with Gasteiger partial charge in [0.1, 0.15) is 5.75 Å². The summed E-state index contributed by atoms with van der Waals surface area (Å²) in [7, 11) is 0. The molecule has 3 heteroatoms. The van der Waals surface area contributed by atoms with Crippen molar-refractivity contribution in [1.29, 1.82) is 0 Å². The third kappa shape index (κ3) is 4.43. The summed E-state index contributed by atoms with van der Waals surface area (Å²) in [6.45, 7) is 6.62. The van der Waals surface area contributed by atoms with E-state index in [1.165, 1.54) is 21.7 Å². The van der Waals surface area contributed by atoms with E-state index in [0.717, 1.165) is 27.2 Å². The van der Waals surface area contributed by atoms with Crippen LogP contribution in [0.2, 0.25) is 0 Å². The Hall–Kier alpha value is -3.89. The summed E-state index contributed by atoms with van der Waals surface area (Å²) in [6, 6.07) is 35.1. The van der Waals surface area contributed by atoms with Crippen LogP contribution in [0.15, 0.2) is 109 Å². The van der Waals surface area contributed by atoms with Gasteiger partial charge in [-0.3, -0.25) is 0 Å². The zero-order chi connectivity index (χ0) is 27.2. The Balaban J connectivity index is 1.50. The van der Waals surface area contributed by atoms with Crippen LogP contribution < -0.4 is 10.6 Å². The molecule has 1 heterocycles. The van der Waals surface area contributed by atoms with Crippen molar-refractivity contribution in [3.8, 4) is 17.6 Å². The van der Waals surface area contributed by atoms with Gasteiger partial charge in [0.15, 0.2) is 0 Å². The predicted octanol–water partition coefficient (Wildman–Crippen LogP) is 8.18. The Labute approximate surface area is 235 Å². The molecule has 5 aromatic carbocycles. The minimum Gasteiger partial charge on any atom is -0.507 e. The van der Waals surface area contributed by atoms with Crippen LogP contribution in [0.3, 0.4) is 0 Å². The van der Waals surface area contributed by atoms with E-state index in [-0.39, 0.29) is 11.2 Å². The van der Waals surface area contributed by atoms with E-state index in [4.69, 9.17) is 11.8 Å². The zero-order valence-electron chi connectivity index (χ0n) is 22.3. The lowest BCUT2D eigenvalue weighted by Gasteiger charge is -2.23. The molecule has 0 saturated carbocycles. The molecule has 0 amide bonds. The highest BCUT2D eigenvalue weighted by Gasteiger charge is 2.35. The summed E-state index contributed by atoms with van der Waals surface area (Å²) in [6.07, 6.45) is 2.26. The maximum atomic E-state index is 10.8. The van der Waals surface area contributed by atoms with Gasteiger partial charge in [0.05, 0.1) is 5.56 Å². The third-order valence-electron chi connectivity index (χ3n) is 7.42. The van der Waals surface area contributed by atoms with E-state index < -0.39 is 6.04 Å². The molecule has 39 heavy (non-hydrogen) atoms. The molecule has 0 saturated heterocycles. The molecule has 0 bridgehead atoms. The lowest BCUT2D eigenvalue weighted by atomic mass is 9.85. The third-order valence-corrected chi connectivity index (χ3v) is 12.4. The molecule has 1 aliphatic rings. The Morgan fingerprint density at radius 1 is 0.744 bits per heavy atom. The number of phenolic OH excluding ortho intramolecular Hbond substituents is 1. The van der Waals surface area contributed by atoms with E-state index in [1.54, 1.807) is 6.07 Å². The average Bonchev–Trinajstić information content (AvgIpc) is 3.26. The number of rotatable bonds is 2. The lowest BCUT2D eigenvalue weighted by molar-refractivity contribution is 0.474. The molecule has 6 rings (SSSR count). The van der Waals surface area contributed by atoms with Crippen LogP contribution >= 0.6 is 6.04 Å². The normalized spacial score (nSPS) is 16.3. The molecule has 0 aromatic heterocycles. The van der Waals surface area contributed by atoms with Gasteiger partial charge in [-0.2, -0.15) is 0 Å². The number of hydrogen-bond acceptors (Lipinski definition) is 2. The number of fused-ring (bicyclic) bond motifs is 2. The highest BCUT2D eigenvalue weighted by molar-refractivity contribution is 8.27. The summed E-state index contributed by atoms with van der Waals surface area (Å²) in [5.74, 6) is 6.95. The van der Waals surface area contributed by atoms with Gasteiger partial charge in [0.2, 0.25) is 0 Å². The first-order chi connectivity index (χ1) is 18.8. The van der Waals surface area contributed by atoms with Crippen LogP contribution in [0.1, 0.15) is 48.6 Å². The number of benzene rings is 5. The van der Waals surface area contributed by atoms with Crippen LogP contribution in [0, 0.1) is 11.8 Å². The molecular formula is C36H29OPS. The van der Waals surface area contributed by atoms with Gasteiger partial charge >= 0.3 is 0 Å². The van der Waals surface area contributed by atoms with Crippen LogP contribution in [0.5, 0.6) is 5.75 Å². The highest BCUT2D eigenvalue weighted by atomic mass is 32.4. The molecule has 0 radical (unpaired) electrons. The quantitative estimate of drug-likeness (QED) is 0.180. The molecule has 5 aromatic rings. The molecule has 0 aliphatic carbocycles. The van der Waals surface area contributed by atoms with Gasteiger partial charge in [0, 0.05) is 27.6 Å². The minimum atomic E-state index is -2.26. The van der Waals surface area contributed by atoms with Crippen molar-refractivity contribution >= 4 is 50.6 Å². The first-order valence-corrected chi connectivity index (χ1v) is 15.9. The number of aromatic hydroxyl groups is 1. The van der Waals surface area contributed by atoms with E-state index in [2.05, 4.69) is 124 Å². The molecule has 1 atom stereocenters. The Bertz CT molecular complexity index is 1880. The molecule has 190 valence electrons. The summed E-state index contributed by atoms with van der Waals surface area (Å²) < 4.78 is 0. The van der Waals surface area contributed by atoms with Crippen molar-refractivity contribution in [2.45, 2.75) is 26.2 Å². The molecule has 0 spiro atoms. The van der Waals surface area contributed by atoms with Gasteiger partial charge < -0.3 is 5.11 Å². The zero-order valence-corrected chi connectivity index (χ0v) is 24.0. The SMILES string of the molecule is CC(C)(C)c1ccc2c(C#Cc3ccccc3C3=Cc4ccccc4P3(=S)c3ccccc3)c(O)ccc2c1. The van der Waals surface area contributed by atoms with Gasteiger partial charge in [-0.1, -0.05) is 141 Å². The molecule has 1 nitrogen and oxygen atoms in total. The number of phenols is 1. The second-order valence-electron chi connectivity index (χ2n) is 11.0. The van der Waals surface area contributed by atoms with E-state index in [9.17, 15) is 5.11 Å². The van der Waals surface area contributed by atoms with Crippen LogP contribution in [-0.2, 0) is 17.2 Å². The predicted molar refractivity (Wildman–Crippen MR) is 171 cm³/mol.